The van der Waals surface area contributed by atoms with Gasteiger partial charge in [0, 0.05) is 37.8 Å². The normalized spacial score (nSPS) is 20.4. The summed E-state index contributed by atoms with van der Waals surface area (Å²) in [6.07, 6.45) is 1.39. The van der Waals surface area contributed by atoms with Crippen molar-refractivity contribution in [3.8, 4) is 11.4 Å². The van der Waals surface area contributed by atoms with E-state index in [9.17, 15) is 17.2 Å². The van der Waals surface area contributed by atoms with Crippen LogP contribution in [0.2, 0.25) is 0 Å². The molecule has 2 unspecified atom stereocenters. The molecule has 32 heavy (non-hydrogen) atoms. The average molecular weight is 467 g/mol. The summed E-state index contributed by atoms with van der Waals surface area (Å²) in [5.74, 6) is 0.653. The molecule has 2 atom stereocenters. The lowest BCUT2D eigenvalue weighted by Crippen LogP contribution is -2.59. The van der Waals surface area contributed by atoms with Crippen LogP contribution < -0.4 is 9.62 Å². The number of sulfonamides is 1. The second-order valence-electron chi connectivity index (χ2n) is 7.95. The van der Waals surface area contributed by atoms with E-state index >= 15 is 0 Å². The maximum Gasteiger partial charge on any atom is 0.282 e. The molecule has 1 saturated heterocycles. The Balaban J connectivity index is 1.64. The van der Waals surface area contributed by atoms with Crippen molar-refractivity contribution >= 4 is 21.5 Å². The number of aromatic nitrogens is 5. The molecule has 0 bridgehead atoms. The molecule has 1 fully saturated rings. The lowest BCUT2D eigenvalue weighted by Gasteiger charge is -2.44. The number of nitrogens with zero attached hydrogens (tertiary/aromatic N) is 7. The molecule has 0 aliphatic carbocycles. The van der Waals surface area contributed by atoms with Gasteiger partial charge < -0.3 is 4.90 Å². The van der Waals surface area contributed by atoms with Crippen molar-refractivity contribution in [2.75, 3.05) is 37.8 Å². The van der Waals surface area contributed by atoms with Gasteiger partial charge in [0.1, 0.15) is 23.5 Å². The van der Waals surface area contributed by atoms with E-state index in [1.54, 1.807) is 6.07 Å². The first-order chi connectivity index (χ1) is 15.1. The molecule has 0 aromatic carbocycles. The monoisotopic (exact) mass is 466 g/mol. The molecule has 1 aliphatic rings. The zero-order valence-corrected chi connectivity index (χ0v) is 18.7. The molecule has 13 heteroatoms. The summed E-state index contributed by atoms with van der Waals surface area (Å²) >= 11 is 0. The van der Waals surface area contributed by atoms with Gasteiger partial charge in [-0.2, -0.15) is 5.10 Å². The van der Waals surface area contributed by atoms with Crippen molar-refractivity contribution < 1.29 is 17.2 Å². The number of likely N-dealkylation sites (N-methyl/N-ethyl adjacent to an activating group) is 1. The van der Waals surface area contributed by atoms with Gasteiger partial charge in [0.05, 0.1) is 18.1 Å². The largest absolute Gasteiger partial charge is 0.351 e. The van der Waals surface area contributed by atoms with Crippen molar-refractivity contribution in [2.45, 2.75) is 25.4 Å². The Hall–Kier alpha value is -2.77. The maximum absolute atomic E-state index is 13.1. The van der Waals surface area contributed by atoms with Gasteiger partial charge in [0.2, 0.25) is 10.0 Å². The Morgan fingerprint density at radius 2 is 2.00 bits per heavy atom. The van der Waals surface area contributed by atoms with Crippen molar-refractivity contribution in [3.05, 3.63) is 36.4 Å². The van der Waals surface area contributed by atoms with E-state index in [0.717, 1.165) is 6.26 Å². The fraction of sp³-hybridized carbons (Fsp3) is 0.474. The molecule has 3 aromatic rings. The Kier molecular flexibility index (Phi) is 6.05. The number of anilines is 1. The van der Waals surface area contributed by atoms with Crippen LogP contribution in [-0.4, -0.2) is 82.9 Å². The Labute approximate surface area is 184 Å². The number of rotatable bonds is 6. The van der Waals surface area contributed by atoms with E-state index in [2.05, 4.69) is 41.5 Å². The summed E-state index contributed by atoms with van der Waals surface area (Å²) in [5, 5.41) is 4.00. The van der Waals surface area contributed by atoms with Crippen LogP contribution in [0.15, 0.2) is 30.7 Å². The van der Waals surface area contributed by atoms with Crippen LogP contribution in [0.3, 0.4) is 0 Å². The summed E-state index contributed by atoms with van der Waals surface area (Å²) in [6.45, 7) is 3.61. The molecule has 0 amide bonds. The Morgan fingerprint density at radius 3 is 2.72 bits per heavy atom. The third kappa shape index (κ3) is 4.69. The molecule has 0 spiro atoms. The highest BCUT2D eigenvalue weighted by molar-refractivity contribution is 7.88. The molecule has 172 valence electrons. The number of fused-ring (bicyclic) bond motifs is 1. The number of hydrogen-bond acceptors (Lipinski definition) is 8. The first kappa shape index (κ1) is 22.4. The Bertz CT molecular complexity index is 1220. The van der Waals surface area contributed by atoms with Gasteiger partial charge in [0.25, 0.3) is 6.43 Å². The van der Waals surface area contributed by atoms with Crippen LogP contribution in [-0.2, 0) is 10.0 Å². The van der Waals surface area contributed by atoms with E-state index in [0.29, 0.717) is 35.9 Å². The smallest absolute Gasteiger partial charge is 0.282 e. The molecule has 4 heterocycles. The van der Waals surface area contributed by atoms with Crippen LogP contribution in [0, 0.1) is 0 Å². The van der Waals surface area contributed by atoms with Gasteiger partial charge in [-0.1, -0.05) is 0 Å². The minimum atomic E-state index is -3.30. The first-order valence-electron chi connectivity index (χ1n) is 9.99. The second kappa shape index (κ2) is 8.64. The number of piperazine rings is 1. The number of halogens is 2. The third-order valence-electron chi connectivity index (χ3n) is 5.51. The topological polar surface area (TPSA) is 109 Å². The van der Waals surface area contributed by atoms with E-state index < -0.39 is 16.4 Å². The van der Waals surface area contributed by atoms with Gasteiger partial charge in [-0.05, 0) is 26.1 Å². The molecular formula is C19H24F2N8O2S. The minimum Gasteiger partial charge on any atom is -0.351 e. The van der Waals surface area contributed by atoms with Gasteiger partial charge in [-0.15, -0.1) is 0 Å². The van der Waals surface area contributed by atoms with Gasteiger partial charge in [-0.3, -0.25) is 4.90 Å². The fourth-order valence-electron chi connectivity index (χ4n) is 3.82. The summed E-state index contributed by atoms with van der Waals surface area (Å²) < 4.78 is 53.2. The minimum absolute atomic E-state index is 0.0506. The molecule has 10 nitrogen and oxygen atoms in total. The quantitative estimate of drug-likeness (QED) is 0.577. The van der Waals surface area contributed by atoms with Crippen molar-refractivity contribution in [2.24, 2.45) is 0 Å². The summed E-state index contributed by atoms with van der Waals surface area (Å²) in [6, 6.07) is 4.57. The molecule has 1 N–H and O–H groups in total. The standard InChI is InChI=1S/C19H24F2N8O2S/c1-12-9-27(2)13(7-25-32(3,30)31)10-28(12)18-6-15(23-11-24-18)16-8-22-17-5-4-14(19(20)21)26-29(16)17/h4-6,8,11-13,19,25H,7,9-10H2,1-3H3. The number of imidazole rings is 1. The number of alkyl halides is 2. The molecule has 0 radical (unpaired) electrons. The highest BCUT2D eigenvalue weighted by Crippen LogP contribution is 2.26. The van der Waals surface area contributed by atoms with Crippen LogP contribution in [0.4, 0.5) is 14.6 Å². The van der Waals surface area contributed by atoms with E-state index in [1.165, 1.54) is 29.2 Å². The lowest BCUT2D eigenvalue weighted by atomic mass is 10.1. The molecule has 3 aromatic heterocycles. The molecular weight excluding hydrogens is 442 g/mol. The summed E-state index contributed by atoms with van der Waals surface area (Å²) in [7, 11) is -1.34. The van der Waals surface area contributed by atoms with Crippen LogP contribution in [0.1, 0.15) is 19.0 Å². The maximum atomic E-state index is 13.1. The number of nitrogens with one attached hydrogen (secondary N) is 1. The Morgan fingerprint density at radius 1 is 1.22 bits per heavy atom. The highest BCUT2D eigenvalue weighted by Gasteiger charge is 2.31. The van der Waals surface area contributed by atoms with Crippen molar-refractivity contribution in [1.29, 1.82) is 0 Å². The molecule has 0 saturated carbocycles. The predicted octanol–water partition coefficient (Wildman–Crippen LogP) is 1.18. The van der Waals surface area contributed by atoms with Crippen molar-refractivity contribution in [1.82, 2.24) is 34.2 Å². The highest BCUT2D eigenvalue weighted by atomic mass is 32.2. The SMILES string of the molecule is CC1CN(C)C(CNS(C)(=O)=O)CN1c1cc(-c2cnc3ccc(C(F)F)nn23)ncn1. The first-order valence-corrected chi connectivity index (χ1v) is 11.9. The third-order valence-corrected chi connectivity index (χ3v) is 6.20. The predicted molar refractivity (Wildman–Crippen MR) is 115 cm³/mol. The second-order valence-corrected chi connectivity index (χ2v) is 9.78. The summed E-state index contributed by atoms with van der Waals surface area (Å²) in [5.41, 5.74) is 1.06. The van der Waals surface area contributed by atoms with Crippen LogP contribution in [0.25, 0.3) is 17.0 Å². The molecule has 4 rings (SSSR count). The van der Waals surface area contributed by atoms with E-state index in [1.807, 2.05) is 7.05 Å². The summed E-state index contributed by atoms with van der Waals surface area (Å²) in [4.78, 5) is 17.1. The zero-order valence-electron chi connectivity index (χ0n) is 17.9. The number of hydrogen-bond donors (Lipinski definition) is 1. The van der Waals surface area contributed by atoms with Gasteiger partial charge >= 0.3 is 0 Å². The zero-order chi connectivity index (χ0) is 23.0. The van der Waals surface area contributed by atoms with Crippen LogP contribution in [0.5, 0.6) is 0 Å². The van der Waals surface area contributed by atoms with Gasteiger partial charge in [-0.25, -0.2) is 41.4 Å². The average Bonchev–Trinajstić information content (AvgIpc) is 3.16. The van der Waals surface area contributed by atoms with Crippen LogP contribution >= 0.6 is 0 Å². The molecule has 1 aliphatic heterocycles. The fourth-order valence-corrected chi connectivity index (χ4v) is 4.32. The van der Waals surface area contributed by atoms with Crippen molar-refractivity contribution in [3.63, 3.8) is 0 Å². The van der Waals surface area contributed by atoms with E-state index in [4.69, 9.17) is 0 Å². The van der Waals surface area contributed by atoms with E-state index in [-0.39, 0.29) is 24.3 Å². The van der Waals surface area contributed by atoms with Gasteiger partial charge in [0.15, 0.2) is 5.65 Å². The lowest BCUT2D eigenvalue weighted by molar-refractivity contribution is 0.144.